The number of aromatic nitrogens is 3. The summed E-state index contributed by atoms with van der Waals surface area (Å²) in [6, 6.07) is 1.52. The van der Waals surface area contributed by atoms with Gasteiger partial charge in [-0.2, -0.15) is 13.2 Å². The first-order valence-corrected chi connectivity index (χ1v) is 10.6. The van der Waals surface area contributed by atoms with E-state index in [1.54, 1.807) is 27.7 Å². The summed E-state index contributed by atoms with van der Waals surface area (Å²) in [6.45, 7) is 7.04. The fourth-order valence-electron chi connectivity index (χ4n) is 3.28. The third-order valence-corrected chi connectivity index (χ3v) is 4.92. The summed E-state index contributed by atoms with van der Waals surface area (Å²) in [6.07, 6.45) is -4.71. The third-order valence-electron chi connectivity index (χ3n) is 4.92. The van der Waals surface area contributed by atoms with Crippen LogP contribution in [-0.2, 0) is 10.3 Å². The molecule has 3 heterocycles. The standard InChI is InChI=1S/C21H27F3N4O5/c1-12-11-13(25-18(29)33-19(2,3)4)14-16-27-28-17(32-16)20(30,21(22,23)24)9-7-5-6-8-10-31-15(12)26-14/h11,30H,5-10H2,1-4H3,(H,25,29)/t20-/m1/s1. The van der Waals surface area contributed by atoms with Crippen molar-refractivity contribution in [3.8, 4) is 17.5 Å². The van der Waals surface area contributed by atoms with Gasteiger partial charge in [0.05, 0.1) is 12.3 Å². The second-order valence-electron chi connectivity index (χ2n) is 8.92. The van der Waals surface area contributed by atoms with Crippen molar-refractivity contribution in [3.63, 3.8) is 0 Å². The topological polar surface area (TPSA) is 120 Å². The minimum Gasteiger partial charge on any atom is -0.477 e. The van der Waals surface area contributed by atoms with Crippen LogP contribution in [0.5, 0.6) is 5.88 Å². The highest BCUT2D eigenvalue weighted by molar-refractivity contribution is 5.89. The SMILES string of the molecule is Cc1cc(NC(=O)OC(C)(C)C)c2nc1OCCCCCC[C@](O)(C(F)(F)F)c1nnc-2o1. The molecule has 0 aromatic carbocycles. The van der Waals surface area contributed by atoms with Crippen LogP contribution in [0.3, 0.4) is 0 Å². The molecule has 4 bridgehead atoms. The molecule has 0 aliphatic carbocycles. The summed E-state index contributed by atoms with van der Waals surface area (Å²) in [4.78, 5) is 16.6. The van der Waals surface area contributed by atoms with Crippen molar-refractivity contribution in [1.29, 1.82) is 0 Å². The van der Waals surface area contributed by atoms with Gasteiger partial charge in [-0.1, -0.05) is 12.8 Å². The number of nitrogens with one attached hydrogen (secondary N) is 1. The van der Waals surface area contributed by atoms with E-state index in [4.69, 9.17) is 13.9 Å². The maximum Gasteiger partial charge on any atom is 0.426 e. The molecule has 0 fully saturated rings. The predicted octanol–water partition coefficient (Wildman–Crippen LogP) is 4.88. The number of alkyl halides is 3. The molecule has 1 aliphatic rings. The number of ether oxygens (including phenoxy) is 2. The van der Waals surface area contributed by atoms with E-state index in [2.05, 4.69) is 20.5 Å². The molecule has 0 saturated heterocycles. The van der Waals surface area contributed by atoms with Crippen LogP contribution in [0.1, 0.15) is 64.3 Å². The van der Waals surface area contributed by atoms with Crippen LogP contribution >= 0.6 is 0 Å². The number of nitrogens with zero attached hydrogens (tertiary/aromatic N) is 3. The molecule has 33 heavy (non-hydrogen) atoms. The van der Waals surface area contributed by atoms with Crippen LogP contribution in [0.4, 0.5) is 23.7 Å². The fourth-order valence-corrected chi connectivity index (χ4v) is 3.28. The number of fused-ring (bicyclic) bond motifs is 5. The molecule has 2 aromatic rings. The number of pyridine rings is 1. The van der Waals surface area contributed by atoms with E-state index in [9.17, 15) is 23.1 Å². The predicted molar refractivity (Wildman–Crippen MR) is 111 cm³/mol. The molecular weight excluding hydrogens is 445 g/mol. The van der Waals surface area contributed by atoms with Gasteiger partial charge in [0.2, 0.25) is 11.5 Å². The molecule has 1 atom stereocenters. The number of aliphatic hydroxyl groups is 1. The highest BCUT2D eigenvalue weighted by Gasteiger charge is 2.58. The maximum atomic E-state index is 13.8. The van der Waals surface area contributed by atoms with Gasteiger partial charge < -0.3 is 19.0 Å². The van der Waals surface area contributed by atoms with Crippen LogP contribution < -0.4 is 10.1 Å². The Morgan fingerprint density at radius 1 is 1.18 bits per heavy atom. The van der Waals surface area contributed by atoms with Gasteiger partial charge in [-0.25, -0.2) is 9.78 Å². The highest BCUT2D eigenvalue weighted by Crippen LogP contribution is 2.43. The first kappa shape index (κ1) is 24.7. The highest BCUT2D eigenvalue weighted by atomic mass is 19.4. The number of carbonyl (C=O) groups excluding carboxylic acids is 1. The molecular formula is C21H27F3N4O5. The number of hydrogen-bond acceptors (Lipinski definition) is 8. The van der Waals surface area contributed by atoms with Gasteiger partial charge in [0.1, 0.15) is 5.60 Å². The lowest BCUT2D eigenvalue weighted by atomic mass is 9.95. The maximum absolute atomic E-state index is 13.8. The van der Waals surface area contributed by atoms with Crippen LogP contribution in [0.2, 0.25) is 0 Å². The van der Waals surface area contributed by atoms with E-state index < -0.39 is 41.7 Å². The minimum atomic E-state index is -5.03. The zero-order valence-electron chi connectivity index (χ0n) is 18.9. The second-order valence-corrected chi connectivity index (χ2v) is 8.92. The van der Waals surface area contributed by atoms with Crippen molar-refractivity contribution in [2.45, 2.75) is 77.2 Å². The van der Waals surface area contributed by atoms with Gasteiger partial charge in [0, 0.05) is 5.56 Å². The third kappa shape index (κ3) is 5.73. The van der Waals surface area contributed by atoms with Crippen molar-refractivity contribution in [2.75, 3.05) is 11.9 Å². The Hall–Kier alpha value is -2.89. The van der Waals surface area contributed by atoms with Crippen LogP contribution in [0.25, 0.3) is 11.6 Å². The molecule has 9 nitrogen and oxygen atoms in total. The van der Waals surface area contributed by atoms with Crippen molar-refractivity contribution >= 4 is 11.8 Å². The van der Waals surface area contributed by atoms with Gasteiger partial charge >= 0.3 is 12.3 Å². The second kappa shape index (κ2) is 9.16. The Morgan fingerprint density at radius 2 is 1.88 bits per heavy atom. The molecule has 3 rings (SSSR count). The molecule has 0 saturated carbocycles. The Balaban J connectivity index is 2.09. The van der Waals surface area contributed by atoms with Crippen LogP contribution in [-0.4, -0.2) is 44.8 Å². The number of amides is 1. The van der Waals surface area contributed by atoms with Gasteiger partial charge in [-0.15, -0.1) is 10.2 Å². The summed E-state index contributed by atoms with van der Waals surface area (Å²) in [5, 5.41) is 20.1. The number of aryl methyl sites for hydroxylation is 1. The van der Waals surface area contributed by atoms with Crippen LogP contribution in [0.15, 0.2) is 10.5 Å². The molecule has 0 spiro atoms. The summed E-state index contributed by atoms with van der Waals surface area (Å²) >= 11 is 0. The zero-order chi connectivity index (χ0) is 24.4. The summed E-state index contributed by atoms with van der Waals surface area (Å²) in [5.74, 6) is -1.20. The lowest BCUT2D eigenvalue weighted by Gasteiger charge is -2.27. The van der Waals surface area contributed by atoms with Crippen molar-refractivity contribution < 1.29 is 37.0 Å². The smallest absolute Gasteiger partial charge is 0.426 e. The normalized spacial score (nSPS) is 19.9. The van der Waals surface area contributed by atoms with Crippen molar-refractivity contribution in [3.05, 3.63) is 17.5 Å². The van der Waals surface area contributed by atoms with Crippen molar-refractivity contribution in [2.24, 2.45) is 0 Å². The lowest BCUT2D eigenvalue weighted by molar-refractivity contribution is -0.277. The van der Waals surface area contributed by atoms with E-state index in [0.717, 1.165) is 0 Å². The Bertz CT molecular complexity index is 1000. The number of hydrogen-bond donors (Lipinski definition) is 2. The first-order valence-electron chi connectivity index (χ1n) is 10.6. The van der Waals surface area contributed by atoms with Crippen LogP contribution in [0, 0.1) is 6.92 Å². The minimum absolute atomic E-state index is 0.0759. The molecule has 1 amide bonds. The van der Waals surface area contributed by atoms with Gasteiger partial charge in [-0.3, -0.25) is 5.32 Å². The molecule has 182 valence electrons. The molecule has 0 unspecified atom stereocenters. The average molecular weight is 472 g/mol. The van der Waals surface area contributed by atoms with E-state index in [1.807, 2.05) is 0 Å². The molecule has 2 aromatic heterocycles. The Morgan fingerprint density at radius 3 is 2.55 bits per heavy atom. The summed E-state index contributed by atoms with van der Waals surface area (Å²) < 4.78 is 57.5. The summed E-state index contributed by atoms with van der Waals surface area (Å²) in [7, 11) is 0. The van der Waals surface area contributed by atoms with Gasteiger partial charge in [0.25, 0.3) is 11.8 Å². The number of halogens is 3. The molecule has 0 radical (unpaired) electrons. The number of anilines is 1. The van der Waals surface area contributed by atoms with E-state index in [1.165, 1.54) is 6.07 Å². The van der Waals surface area contributed by atoms with E-state index in [0.29, 0.717) is 31.4 Å². The molecule has 2 N–H and O–H groups in total. The first-order chi connectivity index (χ1) is 15.3. The van der Waals surface area contributed by atoms with Gasteiger partial charge in [0.15, 0.2) is 5.69 Å². The number of rotatable bonds is 1. The fraction of sp³-hybridized carbons (Fsp3) is 0.619. The number of carbonyl (C=O) groups is 1. The average Bonchev–Trinajstić information content (AvgIpc) is 3.15. The Kier molecular flexibility index (Phi) is 6.87. The largest absolute Gasteiger partial charge is 0.477 e. The quantitative estimate of drug-likeness (QED) is 0.603. The molecule has 12 heteroatoms. The van der Waals surface area contributed by atoms with E-state index in [-0.39, 0.29) is 23.7 Å². The summed E-state index contributed by atoms with van der Waals surface area (Å²) in [5.41, 5.74) is -3.55. The van der Waals surface area contributed by atoms with E-state index >= 15 is 0 Å². The monoisotopic (exact) mass is 472 g/mol. The van der Waals surface area contributed by atoms with Gasteiger partial charge in [-0.05, 0) is 53.0 Å². The zero-order valence-corrected chi connectivity index (χ0v) is 18.9. The Labute approximate surface area is 188 Å². The van der Waals surface area contributed by atoms with Crippen molar-refractivity contribution in [1.82, 2.24) is 15.2 Å². The lowest BCUT2D eigenvalue weighted by Crippen LogP contribution is -2.42. The molecule has 1 aliphatic heterocycles.